The molecule has 2 rings (SSSR count). The molecule has 0 atom stereocenters. The van der Waals surface area contributed by atoms with E-state index in [1.807, 2.05) is 42.5 Å². The van der Waals surface area contributed by atoms with Crippen LogP contribution >= 0.6 is 15.9 Å². The van der Waals surface area contributed by atoms with Crippen molar-refractivity contribution in [2.75, 3.05) is 0 Å². The van der Waals surface area contributed by atoms with Gasteiger partial charge >= 0.3 is 0 Å². The molecule has 90 valence electrons. The van der Waals surface area contributed by atoms with Crippen LogP contribution in [0, 0.1) is 0 Å². The second kappa shape index (κ2) is 6.12. The van der Waals surface area contributed by atoms with Gasteiger partial charge in [0.2, 0.25) is 0 Å². The Hall–Kier alpha value is -1.94. The van der Waals surface area contributed by atoms with Crippen LogP contribution < -0.4 is 5.73 Å². The molecule has 4 heteroatoms. The van der Waals surface area contributed by atoms with E-state index in [0.717, 1.165) is 15.7 Å². The van der Waals surface area contributed by atoms with Gasteiger partial charge in [-0.25, -0.2) is 0 Å². The Morgan fingerprint density at radius 3 is 2.44 bits per heavy atom. The monoisotopic (exact) mass is 301 g/mol. The van der Waals surface area contributed by atoms with E-state index >= 15 is 0 Å². The number of hydrogen-bond donors (Lipinski definition) is 1. The van der Waals surface area contributed by atoms with Gasteiger partial charge in [-0.15, -0.1) is 0 Å². The minimum absolute atomic E-state index is 0.636. The Morgan fingerprint density at radius 1 is 1.11 bits per heavy atom. The second-order valence-corrected chi connectivity index (χ2v) is 4.45. The predicted molar refractivity (Wildman–Crippen MR) is 78.9 cm³/mol. The van der Waals surface area contributed by atoms with E-state index in [1.165, 1.54) is 0 Å². The molecular formula is C14H12BrN3. The molecule has 1 heterocycles. The number of pyridine rings is 1. The first-order valence-electron chi connectivity index (χ1n) is 5.42. The van der Waals surface area contributed by atoms with Crippen molar-refractivity contribution in [2.24, 2.45) is 10.7 Å². The van der Waals surface area contributed by atoms with Gasteiger partial charge in [0.25, 0.3) is 0 Å². The van der Waals surface area contributed by atoms with Crippen LogP contribution in [0.15, 0.2) is 64.3 Å². The van der Waals surface area contributed by atoms with Gasteiger partial charge in [0, 0.05) is 24.2 Å². The average molecular weight is 302 g/mol. The maximum atomic E-state index is 6.02. The van der Waals surface area contributed by atoms with Gasteiger partial charge < -0.3 is 5.73 Å². The highest BCUT2D eigenvalue weighted by Gasteiger charge is 2.00. The largest absolute Gasteiger partial charge is 0.397 e. The van der Waals surface area contributed by atoms with E-state index in [-0.39, 0.29) is 0 Å². The summed E-state index contributed by atoms with van der Waals surface area (Å²) in [6.07, 6.45) is 5.11. The fourth-order valence-corrected chi connectivity index (χ4v) is 1.72. The summed E-state index contributed by atoms with van der Waals surface area (Å²) in [5, 5.41) is 0. The molecule has 0 aliphatic carbocycles. The Kier molecular flexibility index (Phi) is 4.25. The van der Waals surface area contributed by atoms with Gasteiger partial charge in [0.1, 0.15) is 0 Å². The van der Waals surface area contributed by atoms with Crippen molar-refractivity contribution in [3.8, 4) is 0 Å². The maximum Gasteiger partial charge on any atom is 0.0630 e. The zero-order valence-electron chi connectivity index (χ0n) is 9.62. The lowest BCUT2D eigenvalue weighted by Crippen LogP contribution is -1.99. The van der Waals surface area contributed by atoms with Crippen molar-refractivity contribution < 1.29 is 0 Å². The highest BCUT2D eigenvalue weighted by Crippen LogP contribution is 2.17. The Bertz CT molecular complexity index is 562. The fraction of sp³-hybridized carbons (Fsp3) is 0. The minimum Gasteiger partial charge on any atom is -0.397 e. The standard InChI is InChI=1S/C14H12BrN3/c15-13(10-18-12-4-2-1-3-5-12)14(16)11-6-8-17-9-7-11/h1-10H,16H2. The first kappa shape index (κ1) is 12.5. The summed E-state index contributed by atoms with van der Waals surface area (Å²) in [5.74, 6) is 0. The Morgan fingerprint density at radius 2 is 1.78 bits per heavy atom. The second-order valence-electron chi connectivity index (χ2n) is 3.59. The first-order valence-corrected chi connectivity index (χ1v) is 6.21. The number of nitrogens with two attached hydrogens (primary N) is 1. The van der Waals surface area contributed by atoms with Crippen molar-refractivity contribution in [1.29, 1.82) is 0 Å². The third-order valence-corrected chi connectivity index (χ3v) is 2.96. The zero-order chi connectivity index (χ0) is 12.8. The SMILES string of the molecule is NC(=C(Br)C=Nc1ccccc1)c1ccncc1. The molecule has 1 aromatic heterocycles. The maximum absolute atomic E-state index is 6.02. The molecule has 0 aliphatic rings. The summed E-state index contributed by atoms with van der Waals surface area (Å²) in [6.45, 7) is 0. The molecule has 0 saturated heterocycles. The quantitative estimate of drug-likeness (QED) is 0.882. The van der Waals surface area contributed by atoms with Crippen LogP contribution in [0.3, 0.4) is 0 Å². The molecule has 0 aliphatic heterocycles. The molecule has 1 aromatic carbocycles. The highest BCUT2D eigenvalue weighted by atomic mass is 79.9. The van der Waals surface area contributed by atoms with E-state index in [4.69, 9.17) is 5.73 Å². The topological polar surface area (TPSA) is 51.3 Å². The minimum atomic E-state index is 0.636. The number of hydrogen-bond acceptors (Lipinski definition) is 3. The zero-order valence-corrected chi connectivity index (χ0v) is 11.2. The number of aromatic nitrogens is 1. The molecule has 0 saturated carbocycles. The molecule has 0 fully saturated rings. The lowest BCUT2D eigenvalue weighted by Gasteiger charge is -2.02. The first-order chi connectivity index (χ1) is 8.77. The van der Waals surface area contributed by atoms with Crippen LogP contribution in [-0.2, 0) is 0 Å². The van der Waals surface area contributed by atoms with Crippen LogP contribution in [0.5, 0.6) is 0 Å². The average Bonchev–Trinajstić information content (AvgIpc) is 2.46. The van der Waals surface area contributed by atoms with Gasteiger partial charge in [-0.1, -0.05) is 18.2 Å². The molecular weight excluding hydrogens is 290 g/mol. The Balaban J connectivity index is 2.21. The number of benzene rings is 1. The summed E-state index contributed by atoms with van der Waals surface area (Å²) in [4.78, 5) is 8.28. The van der Waals surface area contributed by atoms with Gasteiger partial charge in [-0.3, -0.25) is 9.98 Å². The summed E-state index contributed by atoms with van der Waals surface area (Å²) in [6, 6.07) is 13.4. The normalized spacial score (nSPS) is 12.5. The van der Waals surface area contributed by atoms with Crippen LogP contribution in [-0.4, -0.2) is 11.2 Å². The third kappa shape index (κ3) is 3.28. The number of aliphatic imine (C=N–C) groups is 1. The molecule has 18 heavy (non-hydrogen) atoms. The van der Waals surface area contributed by atoms with E-state index < -0.39 is 0 Å². The number of nitrogens with zero attached hydrogens (tertiary/aromatic N) is 2. The van der Waals surface area contributed by atoms with Crippen molar-refractivity contribution in [2.45, 2.75) is 0 Å². The van der Waals surface area contributed by atoms with Crippen molar-refractivity contribution in [3.63, 3.8) is 0 Å². The highest BCUT2D eigenvalue weighted by molar-refractivity contribution is 9.12. The number of rotatable bonds is 3. The molecule has 2 N–H and O–H groups in total. The fourth-order valence-electron chi connectivity index (χ4n) is 1.38. The van der Waals surface area contributed by atoms with Crippen molar-refractivity contribution >= 4 is 33.5 Å². The third-order valence-electron chi connectivity index (χ3n) is 2.33. The molecule has 0 radical (unpaired) electrons. The molecule has 0 bridgehead atoms. The van der Waals surface area contributed by atoms with Crippen LogP contribution in [0.4, 0.5) is 5.69 Å². The summed E-state index contributed by atoms with van der Waals surface area (Å²) >= 11 is 3.42. The molecule has 0 amide bonds. The van der Waals surface area contributed by atoms with E-state index in [9.17, 15) is 0 Å². The smallest absolute Gasteiger partial charge is 0.0630 e. The lowest BCUT2D eigenvalue weighted by atomic mass is 10.2. The van der Waals surface area contributed by atoms with Crippen LogP contribution in [0.1, 0.15) is 5.56 Å². The van der Waals surface area contributed by atoms with Crippen molar-refractivity contribution in [3.05, 3.63) is 64.9 Å². The van der Waals surface area contributed by atoms with Gasteiger partial charge in [0.15, 0.2) is 0 Å². The molecule has 3 nitrogen and oxygen atoms in total. The number of allylic oxidation sites excluding steroid dienone is 1. The van der Waals surface area contributed by atoms with E-state index in [1.54, 1.807) is 18.6 Å². The van der Waals surface area contributed by atoms with Gasteiger partial charge in [0.05, 0.1) is 15.9 Å². The molecule has 0 spiro atoms. The predicted octanol–water partition coefficient (Wildman–Crippen LogP) is 3.51. The van der Waals surface area contributed by atoms with E-state index in [0.29, 0.717) is 5.70 Å². The molecule has 2 aromatic rings. The summed E-state index contributed by atoms with van der Waals surface area (Å²) < 4.78 is 0.748. The van der Waals surface area contributed by atoms with Crippen molar-refractivity contribution in [1.82, 2.24) is 4.98 Å². The van der Waals surface area contributed by atoms with E-state index in [2.05, 4.69) is 25.9 Å². The van der Waals surface area contributed by atoms with Crippen LogP contribution in [0.25, 0.3) is 5.70 Å². The summed E-state index contributed by atoms with van der Waals surface area (Å²) in [5.41, 5.74) is 8.45. The van der Waals surface area contributed by atoms with Gasteiger partial charge in [-0.05, 0) is 40.2 Å². The molecule has 0 unspecified atom stereocenters. The van der Waals surface area contributed by atoms with Gasteiger partial charge in [-0.2, -0.15) is 0 Å². The number of halogens is 1. The van der Waals surface area contributed by atoms with Crippen LogP contribution in [0.2, 0.25) is 0 Å². The Labute approximate surface area is 114 Å². The lowest BCUT2D eigenvalue weighted by molar-refractivity contribution is 1.31. The number of para-hydroxylation sites is 1. The summed E-state index contributed by atoms with van der Waals surface area (Å²) in [7, 11) is 0.